The number of fused-ring (bicyclic) bond motifs is 1. The largest absolute Gasteiger partial charge is 0.341 e. The summed E-state index contributed by atoms with van der Waals surface area (Å²) in [5, 5.41) is 1.28. The second-order valence-corrected chi connectivity index (χ2v) is 7.24. The summed E-state index contributed by atoms with van der Waals surface area (Å²) in [6, 6.07) is 12.6. The first-order valence-electron chi connectivity index (χ1n) is 9.25. The van der Waals surface area contributed by atoms with Crippen LogP contribution in [0.2, 0.25) is 0 Å². The van der Waals surface area contributed by atoms with Crippen LogP contribution in [0.1, 0.15) is 42.9 Å². The fourth-order valence-electron chi connectivity index (χ4n) is 3.82. The second kappa shape index (κ2) is 6.21. The Morgan fingerprint density at radius 3 is 2.56 bits per heavy atom. The average Bonchev–Trinajstić information content (AvgIpc) is 2.90. The van der Waals surface area contributed by atoms with Crippen molar-refractivity contribution in [2.45, 2.75) is 52.5 Å². The van der Waals surface area contributed by atoms with Gasteiger partial charge in [-0.3, -0.25) is 0 Å². The first-order chi connectivity index (χ1) is 12.1. The molecule has 1 aromatic heterocycles. The molecular weight excluding hydrogens is 311 g/mol. The molecule has 1 heterocycles. The fourth-order valence-corrected chi connectivity index (χ4v) is 3.82. The molecular formula is C22H25FN2. The van der Waals surface area contributed by atoms with Gasteiger partial charge in [-0.1, -0.05) is 25.1 Å². The van der Waals surface area contributed by atoms with E-state index < -0.39 is 0 Å². The average molecular weight is 336 g/mol. The van der Waals surface area contributed by atoms with Crippen LogP contribution in [-0.4, -0.2) is 11.0 Å². The van der Waals surface area contributed by atoms with Crippen LogP contribution in [-0.2, 0) is 6.42 Å². The van der Waals surface area contributed by atoms with Crippen molar-refractivity contribution in [3.63, 3.8) is 0 Å². The Hall–Kier alpha value is -2.29. The number of hydrogen-bond acceptors (Lipinski definition) is 1. The molecule has 1 N–H and O–H groups in total. The highest BCUT2D eigenvalue weighted by molar-refractivity contribution is 5.91. The Morgan fingerprint density at radius 1 is 1.12 bits per heavy atom. The van der Waals surface area contributed by atoms with Gasteiger partial charge in [-0.15, -0.1) is 0 Å². The summed E-state index contributed by atoms with van der Waals surface area (Å²) >= 11 is 0. The first kappa shape index (κ1) is 16.2. The SMILES string of the molecule is CCc1c(N(c2ccc(C)c(F)c2)C2CCC2)[nH]c2cc(C)ccc12. The van der Waals surface area contributed by atoms with Gasteiger partial charge in [-0.2, -0.15) is 0 Å². The molecule has 1 aliphatic carbocycles. The Labute approximate surface area is 148 Å². The topological polar surface area (TPSA) is 19.0 Å². The normalized spacial score (nSPS) is 14.7. The van der Waals surface area contributed by atoms with Crippen LogP contribution in [0.3, 0.4) is 0 Å². The molecule has 0 amide bonds. The van der Waals surface area contributed by atoms with Gasteiger partial charge in [-0.05, 0) is 68.9 Å². The van der Waals surface area contributed by atoms with Crippen LogP contribution in [0.15, 0.2) is 36.4 Å². The van der Waals surface area contributed by atoms with Gasteiger partial charge >= 0.3 is 0 Å². The summed E-state index contributed by atoms with van der Waals surface area (Å²) in [5.74, 6) is 1.00. The summed E-state index contributed by atoms with van der Waals surface area (Å²) in [7, 11) is 0. The van der Waals surface area contributed by atoms with Gasteiger partial charge in [0, 0.05) is 28.2 Å². The number of hydrogen-bond donors (Lipinski definition) is 1. The van der Waals surface area contributed by atoms with Gasteiger partial charge in [0.2, 0.25) is 0 Å². The number of benzene rings is 2. The summed E-state index contributed by atoms with van der Waals surface area (Å²) in [6.45, 7) is 6.13. The molecule has 1 saturated carbocycles. The molecule has 0 spiro atoms. The van der Waals surface area contributed by atoms with Crippen LogP contribution in [0.5, 0.6) is 0 Å². The molecule has 25 heavy (non-hydrogen) atoms. The van der Waals surface area contributed by atoms with Crippen LogP contribution < -0.4 is 4.90 Å². The Morgan fingerprint density at radius 2 is 1.92 bits per heavy atom. The number of H-pyrrole nitrogens is 1. The Balaban J connectivity index is 1.90. The van der Waals surface area contributed by atoms with E-state index in [1.165, 1.54) is 28.5 Å². The van der Waals surface area contributed by atoms with Crippen LogP contribution >= 0.6 is 0 Å². The molecule has 3 heteroatoms. The smallest absolute Gasteiger partial charge is 0.128 e. The number of nitrogens with zero attached hydrogens (tertiary/aromatic N) is 1. The number of aryl methyl sites for hydroxylation is 3. The molecule has 0 unspecified atom stereocenters. The molecule has 0 saturated heterocycles. The van der Waals surface area contributed by atoms with Crippen LogP contribution in [0.4, 0.5) is 15.9 Å². The molecule has 0 atom stereocenters. The molecule has 0 bridgehead atoms. The van der Waals surface area contributed by atoms with Crippen molar-refractivity contribution < 1.29 is 4.39 Å². The van der Waals surface area contributed by atoms with Crippen molar-refractivity contribution in [3.8, 4) is 0 Å². The molecule has 2 aromatic carbocycles. The summed E-state index contributed by atoms with van der Waals surface area (Å²) in [5.41, 5.74) is 5.39. The van der Waals surface area contributed by atoms with Crippen LogP contribution in [0, 0.1) is 19.7 Å². The van der Waals surface area contributed by atoms with E-state index in [4.69, 9.17) is 0 Å². The van der Waals surface area contributed by atoms with Crippen molar-refractivity contribution in [2.75, 3.05) is 4.90 Å². The van der Waals surface area contributed by atoms with Gasteiger partial charge in [0.1, 0.15) is 11.6 Å². The lowest BCUT2D eigenvalue weighted by Gasteiger charge is -2.39. The van der Waals surface area contributed by atoms with E-state index in [-0.39, 0.29) is 5.82 Å². The highest BCUT2D eigenvalue weighted by atomic mass is 19.1. The lowest BCUT2D eigenvalue weighted by molar-refractivity contribution is 0.409. The highest BCUT2D eigenvalue weighted by Gasteiger charge is 2.29. The maximum Gasteiger partial charge on any atom is 0.128 e. The van der Waals surface area contributed by atoms with Gasteiger partial charge in [0.05, 0.1) is 0 Å². The zero-order valence-electron chi connectivity index (χ0n) is 15.2. The number of aromatic amines is 1. The van der Waals surface area contributed by atoms with Crippen LogP contribution in [0.25, 0.3) is 10.9 Å². The van der Waals surface area contributed by atoms with Gasteiger partial charge < -0.3 is 9.88 Å². The zero-order valence-corrected chi connectivity index (χ0v) is 15.2. The third-order valence-corrected chi connectivity index (χ3v) is 5.51. The van der Waals surface area contributed by atoms with Crippen molar-refractivity contribution >= 4 is 22.4 Å². The van der Waals surface area contributed by atoms with E-state index in [1.807, 2.05) is 19.1 Å². The fraction of sp³-hybridized carbons (Fsp3) is 0.364. The van der Waals surface area contributed by atoms with E-state index in [0.29, 0.717) is 11.6 Å². The third-order valence-electron chi connectivity index (χ3n) is 5.51. The van der Waals surface area contributed by atoms with Crippen molar-refractivity contribution in [1.82, 2.24) is 4.98 Å². The zero-order chi connectivity index (χ0) is 17.6. The second-order valence-electron chi connectivity index (χ2n) is 7.24. The summed E-state index contributed by atoms with van der Waals surface area (Å²) in [6.07, 6.45) is 4.52. The molecule has 1 fully saturated rings. The standard InChI is InChI=1S/C22H25FN2/c1-4-18-19-11-8-14(2)12-21(19)24-22(18)25(16-6-5-7-16)17-10-9-15(3)20(23)13-17/h8-13,16,24H,4-7H2,1-3H3. The van der Waals surface area contributed by atoms with Crippen molar-refractivity contribution in [3.05, 3.63) is 58.9 Å². The highest BCUT2D eigenvalue weighted by Crippen LogP contribution is 2.40. The maximum atomic E-state index is 14.2. The van der Waals surface area contributed by atoms with E-state index in [1.54, 1.807) is 6.07 Å². The predicted octanol–water partition coefficient (Wildman–Crippen LogP) is 6.18. The molecule has 0 radical (unpaired) electrons. The quantitative estimate of drug-likeness (QED) is 0.603. The number of aromatic nitrogens is 1. The van der Waals surface area contributed by atoms with E-state index in [9.17, 15) is 4.39 Å². The molecule has 4 rings (SSSR count). The van der Waals surface area contributed by atoms with Crippen molar-refractivity contribution in [2.24, 2.45) is 0 Å². The molecule has 1 aliphatic rings. The minimum atomic E-state index is -0.133. The Kier molecular flexibility index (Phi) is 4.03. The minimum absolute atomic E-state index is 0.133. The molecule has 2 nitrogen and oxygen atoms in total. The lowest BCUT2D eigenvalue weighted by atomic mass is 9.90. The number of halogens is 1. The number of anilines is 2. The molecule has 0 aliphatic heterocycles. The van der Waals surface area contributed by atoms with Gasteiger partial charge in [0.25, 0.3) is 0 Å². The van der Waals surface area contributed by atoms with Gasteiger partial charge in [-0.25, -0.2) is 4.39 Å². The van der Waals surface area contributed by atoms with Crippen molar-refractivity contribution in [1.29, 1.82) is 0 Å². The Bertz CT molecular complexity index is 921. The first-order valence-corrected chi connectivity index (χ1v) is 9.25. The minimum Gasteiger partial charge on any atom is -0.341 e. The van der Waals surface area contributed by atoms with E-state index >= 15 is 0 Å². The predicted molar refractivity (Wildman–Crippen MR) is 103 cm³/mol. The lowest BCUT2D eigenvalue weighted by Crippen LogP contribution is -2.37. The third kappa shape index (κ3) is 2.72. The van der Waals surface area contributed by atoms with E-state index in [0.717, 1.165) is 30.8 Å². The number of rotatable bonds is 4. The summed E-state index contributed by atoms with van der Waals surface area (Å²) in [4.78, 5) is 5.97. The molecule has 3 aromatic rings. The van der Waals surface area contributed by atoms with E-state index in [2.05, 4.69) is 41.9 Å². The molecule has 130 valence electrons. The number of nitrogens with one attached hydrogen (secondary N) is 1. The van der Waals surface area contributed by atoms with Gasteiger partial charge in [0.15, 0.2) is 0 Å². The monoisotopic (exact) mass is 336 g/mol. The maximum absolute atomic E-state index is 14.2. The summed E-state index contributed by atoms with van der Waals surface area (Å²) < 4.78 is 14.2.